The second-order valence-electron chi connectivity index (χ2n) is 22.5. The van der Waals surface area contributed by atoms with Gasteiger partial charge < -0.3 is 49.3 Å². The van der Waals surface area contributed by atoms with E-state index in [1.165, 1.54) is 39.8 Å². The molecule has 11 atom stereocenters. The Balaban J connectivity index is 1.08. The number of hydrogen-bond acceptors (Lipinski definition) is 17. The number of nitrogens with one attached hydrogen (secondary N) is 2. The molecular weight excluding hydrogens is 1080 g/mol. The van der Waals surface area contributed by atoms with Crippen LogP contribution in [0.3, 0.4) is 0 Å². The Hall–Kier alpha value is -8.65. The van der Waals surface area contributed by atoms with Gasteiger partial charge in [0.05, 0.1) is 29.5 Å². The highest BCUT2D eigenvalue weighted by Gasteiger charge is 2.79. The molecule has 19 nitrogen and oxygen atoms in total. The molecule has 0 radical (unpaired) electrons. The van der Waals surface area contributed by atoms with Gasteiger partial charge in [-0.15, -0.1) is 0 Å². The van der Waals surface area contributed by atoms with E-state index in [4.69, 9.17) is 28.4 Å². The van der Waals surface area contributed by atoms with E-state index in [-0.39, 0.29) is 47.3 Å². The number of amides is 2. The summed E-state index contributed by atoms with van der Waals surface area (Å²) in [5.41, 5.74) is -6.26. The van der Waals surface area contributed by atoms with Gasteiger partial charge in [0.25, 0.3) is 5.91 Å². The van der Waals surface area contributed by atoms with E-state index in [2.05, 4.69) is 10.6 Å². The van der Waals surface area contributed by atoms with Gasteiger partial charge in [-0.05, 0) is 66.8 Å². The van der Waals surface area contributed by atoms with E-state index in [0.29, 0.717) is 16.7 Å². The number of carbonyl (C=O) groups is 9. The topological polar surface area (TPSA) is 274 Å². The molecule has 2 saturated carbocycles. The van der Waals surface area contributed by atoms with Crippen LogP contribution in [-0.2, 0) is 63.6 Å². The van der Waals surface area contributed by atoms with Crippen molar-refractivity contribution >= 4 is 53.2 Å². The molecule has 4 aliphatic rings. The van der Waals surface area contributed by atoms with Crippen molar-refractivity contribution in [3.8, 4) is 0 Å². The minimum Gasteiger partial charge on any atom is -0.460 e. The zero-order chi connectivity index (χ0) is 60.3. The first-order valence-electron chi connectivity index (χ1n) is 27.7. The molecule has 0 spiro atoms. The quantitative estimate of drug-likeness (QED) is 0.0326. The van der Waals surface area contributed by atoms with Gasteiger partial charge in [-0.3, -0.25) is 33.6 Å². The number of aliphatic hydroxyl groups excluding tert-OH is 1. The Labute approximate surface area is 485 Å². The van der Waals surface area contributed by atoms with Crippen LogP contribution in [0, 0.1) is 16.7 Å². The first-order chi connectivity index (χ1) is 40.0. The highest BCUT2D eigenvalue weighted by molar-refractivity contribution is 6.09. The fourth-order valence-electron chi connectivity index (χ4n) is 12.6. The molecule has 1 saturated heterocycles. The van der Waals surface area contributed by atoms with Gasteiger partial charge in [0.2, 0.25) is 5.91 Å². The van der Waals surface area contributed by atoms with Crippen molar-refractivity contribution in [1.29, 1.82) is 0 Å². The summed E-state index contributed by atoms with van der Waals surface area (Å²) in [7, 11) is 0. The van der Waals surface area contributed by atoms with Crippen molar-refractivity contribution in [2.45, 2.75) is 121 Å². The van der Waals surface area contributed by atoms with Crippen LogP contribution < -0.4 is 10.6 Å². The summed E-state index contributed by atoms with van der Waals surface area (Å²) in [6.07, 6.45) is -11.3. The maximum Gasteiger partial charge on any atom is 0.338 e. The Morgan fingerprint density at radius 3 is 1.85 bits per heavy atom. The smallest absolute Gasteiger partial charge is 0.338 e. The van der Waals surface area contributed by atoms with Gasteiger partial charge in [0.1, 0.15) is 36.6 Å². The van der Waals surface area contributed by atoms with Crippen LogP contribution >= 0.6 is 0 Å². The minimum absolute atomic E-state index is 0.00204. The normalized spacial score (nSPS) is 26.3. The molecule has 3 aliphatic carbocycles. The van der Waals surface area contributed by atoms with Gasteiger partial charge in [0.15, 0.2) is 29.4 Å². The molecular formula is C65H66N2O17. The summed E-state index contributed by atoms with van der Waals surface area (Å²) in [6, 6.07) is 38.1. The standard InChI is InChI=1S/C65H66N2O17/c1-37-46(81-61(77)54(73)52(41-19-11-7-12-20-41)67-59(75)44-23-15-9-16-24-44)34-65(78)58(83-60(76)45-25-17-10-18-26-45)56-63(6,57(74)55(80-38(2)68)51(37)62(65,4)5)47(33-48-64(56,36-79-48)84-39(3)69)82-50(71)35-66-49(70)32-29-40-27-30-43(31-28-40)53(72)42-21-13-8-14-22-42/h7-28,30-31,46-48,52,54-56,58,73,78H,29,32-36H2,1-6H3,(H,66,70)(H,67,75)/t46-,47-,48+,52-,54+,55+,56?,58?,63+,64-,65+/m0/s1. The Morgan fingerprint density at radius 2 is 1.27 bits per heavy atom. The molecule has 438 valence electrons. The molecule has 3 fully saturated rings. The predicted octanol–water partition coefficient (Wildman–Crippen LogP) is 6.27. The number of benzene rings is 5. The van der Waals surface area contributed by atoms with Crippen molar-refractivity contribution in [2.75, 3.05) is 13.2 Å². The summed E-state index contributed by atoms with van der Waals surface area (Å²) in [5, 5.41) is 31.4. The predicted molar refractivity (Wildman–Crippen MR) is 299 cm³/mol. The number of rotatable bonds is 18. The molecule has 1 heterocycles. The van der Waals surface area contributed by atoms with Crippen LogP contribution in [0.15, 0.2) is 157 Å². The second kappa shape index (κ2) is 24.3. The molecule has 2 amide bonds. The average Bonchev–Trinajstić information content (AvgIpc) is 0.675. The molecule has 5 aromatic carbocycles. The Kier molecular flexibility index (Phi) is 17.3. The van der Waals surface area contributed by atoms with Gasteiger partial charge in [0, 0.05) is 55.2 Å². The summed E-state index contributed by atoms with van der Waals surface area (Å²) in [5.74, 6) is -9.18. The third-order valence-electron chi connectivity index (χ3n) is 17.0. The first kappa shape index (κ1) is 60.0. The third kappa shape index (κ3) is 11.5. The van der Waals surface area contributed by atoms with Crippen molar-refractivity contribution in [2.24, 2.45) is 16.7 Å². The van der Waals surface area contributed by atoms with Gasteiger partial charge in [-0.1, -0.05) is 135 Å². The lowest BCUT2D eigenvalue weighted by molar-refractivity contribution is -0.346. The van der Waals surface area contributed by atoms with Crippen molar-refractivity contribution in [1.82, 2.24) is 10.6 Å². The van der Waals surface area contributed by atoms with E-state index in [9.17, 15) is 48.6 Å². The summed E-state index contributed by atoms with van der Waals surface area (Å²) >= 11 is 0. The Morgan fingerprint density at radius 1 is 0.702 bits per heavy atom. The number of aliphatic hydroxyl groups is 2. The van der Waals surface area contributed by atoms with Crippen LogP contribution in [0.5, 0.6) is 0 Å². The van der Waals surface area contributed by atoms with Crippen LogP contribution in [0.4, 0.5) is 0 Å². The average molecular weight is 1150 g/mol. The summed E-state index contributed by atoms with van der Waals surface area (Å²) < 4.78 is 37.4. The van der Waals surface area contributed by atoms with Crippen LogP contribution in [0.2, 0.25) is 0 Å². The molecule has 19 heteroatoms. The van der Waals surface area contributed by atoms with Crippen LogP contribution in [0.25, 0.3) is 0 Å². The summed E-state index contributed by atoms with van der Waals surface area (Å²) in [6.45, 7) is 6.96. The van der Waals surface area contributed by atoms with Gasteiger partial charge in [-0.25, -0.2) is 9.59 Å². The van der Waals surface area contributed by atoms with E-state index >= 15 is 4.79 Å². The second-order valence-corrected chi connectivity index (χ2v) is 22.5. The number of ether oxygens (including phenoxy) is 6. The number of esters is 5. The Bertz CT molecular complexity index is 3370. The number of aryl methyl sites for hydroxylation is 1. The van der Waals surface area contributed by atoms with E-state index in [0.717, 1.165) is 19.4 Å². The van der Waals surface area contributed by atoms with Gasteiger partial charge >= 0.3 is 29.8 Å². The number of ketones is 2. The van der Waals surface area contributed by atoms with E-state index in [1.807, 2.05) is 6.07 Å². The molecule has 9 rings (SSSR count). The highest BCUT2D eigenvalue weighted by atomic mass is 16.6. The van der Waals surface area contributed by atoms with Crippen LogP contribution in [0.1, 0.15) is 115 Å². The van der Waals surface area contributed by atoms with Crippen molar-refractivity contribution < 1.29 is 81.8 Å². The van der Waals surface area contributed by atoms with E-state index in [1.54, 1.807) is 127 Å². The molecule has 84 heavy (non-hydrogen) atoms. The van der Waals surface area contributed by atoms with Crippen LogP contribution in [-0.4, -0.2) is 124 Å². The number of carbonyl (C=O) groups excluding carboxylic acids is 9. The molecule has 2 unspecified atom stereocenters. The number of hydrogen-bond donors (Lipinski definition) is 4. The SMILES string of the molecule is CC(=O)O[C@H]1C(=O)[C@@]2(C)C(C(OC(=O)c3ccccc3)[C@]3(O)C[C@H](OC(=O)[C@H](O)[C@@H](NC(=O)c4ccccc4)c4ccccc4)C(C)=C1C3(C)C)[C@]1(OC(C)=O)CO[C@@H]1C[C@@H]2OC(=O)CNC(=O)CCc1ccc(C(=O)c2ccccc2)cc1. The van der Waals surface area contributed by atoms with Crippen molar-refractivity contribution in [3.05, 3.63) is 190 Å². The largest absolute Gasteiger partial charge is 0.460 e. The molecule has 1 aliphatic heterocycles. The van der Waals surface area contributed by atoms with E-state index < -0.39 is 138 Å². The van der Waals surface area contributed by atoms with Crippen molar-refractivity contribution in [3.63, 3.8) is 0 Å². The zero-order valence-electron chi connectivity index (χ0n) is 47.2. The highest BCUT2D eigenvalue weighted by Crippen LogP contribution is 2.65. The molecule has 5 aromatic rings. The third-order valence-corrected chi connectivity index (χ3v) is 17.0. The summed E-state index contributed by atoms with van der Waals surface area (Å²) in [4.78, 5) is 127. The maximum atomic E-state index is 16.4. The van der Waals surface area contributed by atoms with Gasteiger partial charge in [-0.2, -0.15) is 0 Å². The first-order valence-corrected chi connectivity index (χ1v) is 27.7. The molecule has 4 N–H and O–H groups in total. The zero-order valence-corrected chi connectivity index (χ0v) is 47.2. The monoisotopic (exact) mass is 1150 g/mol. The fourth-order valence-corrected chi connectivity index (χ4v) is 12.6. The lowest BCUT2D eigenvalue weighted by atomic mass is 9.44. The minimum atomic E-state index is -2.54. The molecule has 2 bridgehead atoms. The maximum absolute atomic E-state index is 16.4. The molecule has 0 aromatic heterocycles. The lowest BCUT2D eigenvalue weighted by Gasteiger charge is -2.67. The number of Topliss-reactive ketones (excluding diaryl/α,β-unsaturated/α-hetero) is 1. The fraction of sp³-hybridized carbons (Fsp3) is 0.369. The lowest BCUT2D eigenvalue weighted by Crippen LogP contribution is -2.82. The number of fused-ring (bicyclic) bond motifs is 5.